The van der Waals surface area contributed by atoms with Crippen molar-refractivity contribution >= 4 is 27.5 Å². The van der Waals surface area contributed by atoms with Gasteiger partial charge in [0.15, 0.2) is 11.5 Å². The number of aromatic nitrogens is 2. The van der Waals surface area contributed by atoms with Crippen molar-refractivity contribution in [1.82, 2.24) is 14.7 Å². The fourth-order valence-electron chi connectivity index (χ4n) is 2.43. The second kappa shape index (κ2) is 7.69. The molecule has 0 fully saturated rings. The molecule has 3 aromatic rings. The van der Waals surface area contributed by atoms with E-state index in [1.165, 1.54) is 25.3 Å². The zero-order valence-electron chi connectivity index (χ0n) is 13.6. The summed E-state index contributed by atoms with van der Waals surface area (Å²) < 4.78 is 37.5. The molecule has 9 heteroatoms. The number of rotatable bonds is 6. The molecule has 2 aromatic heterocycles. The summed E-state index contributed by atoms with van der Waals surface area (Å²) in [7, 11) is 1.31. The van der Waals surface area contributed by atoms with Crippen LogP contribution in [0.3, 0.4) is 0 Å². The van der Waals surface area contributed by atoms with Crippen LogP contribution in [0.5, 0.6) is 11.5 Å². The summed E-state index contributed by atoms with van der Waals surface area (Å²) in [4.78, 5) is 16.8. The van der Waals surface area contributed by atoms with Crippen LogP contribution in [0, 0.1) is 0 Å². The van der Waals surface area contributed by atoms with Gasteiger partial charge in [0.25, 0.3) is 5.91 Å². The van der Waals surface area contributed by atoms with Crippen molar-refractivity contribution in [2.75, 3.05) is 7.11 Å². The van der Waals surface area contributed by atoms with E-state index in [4.69, 9.17) is 4.74 Å². The SMILES string of the molecule is COc1cccc(C(=O)NCc2cn3cc(Br)ccc3n2)c1OC(F)F. The smallest absolute Gasteiger partial charge is 0.387 e. The van der Waals surface area contributed by atoms with Crippen molar-refractivity contribution in [1.29, 1.82) is 0 Å². The summed E-state index contributed by atoms with van der Waals surface area (Å²) in [5.41, 5.74) is 1.30. The van der Waals surface area contributed by atoms with Gasteiger partial charge in [-0.05, 0) is 40.2 Å². The molecule has 136 valence electrons. The molecule has 6 nitrogen and oxygen atoms in total. The van der Waals surface area contributed by atoms with E-state index in [0.29, 0.717) is 5.69 Å². The van der Waals surface area contributed by atoms with Crippen LogP contribution >= 0.6 is 15.9 Å². The lowest BCUT2D eigenvalue weighted by Crippen LogP contribution is -2.24. The molecule has 1 aromatic carbocycles. The van der Waals surface area contributed by atoms with E-state index in [1.807, 2.05) is 22.7 Å². The Hall–Kier alpha value is -2.68. The molecule has 0 radical (unpaired) electrons. The second-order valence-corrected chi connectivity index (χ2v) is 6.16. The number of carbonyl (C=O) groups is 1. The van der Waals surface area contributed by atoms with E-state index < -0.39 is 12.5 Å². The third kappa shape index (κ3) is 3.93. The standard InChI is InChI=1S/C17H14BrF2N3O3/c1-25-13-4-2-3-12(15(13)26-17(19)20)16(24)21-7-11-9-23-8-10(18)5-6-14(23)22-11/h2-6,8-9,17H,7H2,1H3,(H,21,24). The number of hydrogen-bond acceptors (Lipinski definition) is 4. The fourth-order valence-corrected chi connectivity index (χ4v) is 2.79. The van der Waals surface area contributed by atoms with Crippen molar-refractivity contribution in [2.24, 2.45) is 0 Å². The Kier molecular flexibility index (Phi) is 5.36. The van der Waals surface area contributed by atoms with Crippen molar-refractivity contribution in [3.8, 4) is 11.5 Å². The van der Waals surface area contributed by atoms with Crippen LogP contribution < -0.4 is 14.8 Å². The Morgan fingerprint density at radius 3 is 2.85 bits per heavy atom. The number of halogens is 3. The van der Waals surface area contributed by atoms with Gasteiger partial charge in [0.05, 0.1) is 24.9 Å². The van der Waals surface area contributed by atoms with Crippen LogP contribution in [-0.4, -0.2) is 29.0 Å². The van der Waals surface area contributed by atoms with Crippen LogP contribution in [0.4, 0.5) is 8.78 Å². The molecule has 2 heterocycles. The van der Waals surface area contributed by atoms with Crippen molar-refractivity contribution in [2.45, 2.75) is 13.2 Å². The quantitative estimate of drug-likeness (QED) is 0.654. The Bertz CT molecular complexity index is 946. The zero-order valence-corrected chi connectivity index (χ0v) is 15.2. The predicted molar refractivity (Wildman–Crippen MR) is 93.7 cm³/mol. The molecule has 0 aliphatic heterocycles. The van der Waals surface area contributed by atoms with Gasteiger partial charge in [-0.15, -0.1) is 0 Å². The van der Waals surface area contributed by atoms with E-state index >= 15 is 0 Å². The number of carbonyl (C=O) groups excluding carboxylic acids is 1. The highest BCUT2D eigenvalue weighted by atomic mass is 79.9. The van der Waals surface area contributed by atoms with Gasteiger partial charge in [-0.25, -0.2) is 4.98 Å². The van der Waals surface area contributed by atoms with Crippen LogP contribution in [0.1, 0.15) is 16.1 Å². The largest absolute Gasteiger partial charge is 0.493 e. The highest BCUT2D eigenvalue weighted by molar-refractivity contribution is 9.10. The first-order chi connectivity index (χ1) is 12.5. The normalized spacial score (nSPS) is 11.0. The Balaban J connectivity index is 1.79. The molecule has 0 atom stereocenters. The number of amides is 1. The Labute approximate surface area is 155 Å². The number of para-hydroxylation sites is 1. The lowest BCUT2D eigenvalue weighted by atomic mass is 10.1. The number of nitrogens with one attached hydrogen (secondary N) is 1. The van der Waals surface area contributed by atoms with Gasteiger partial charge in [0, 0.05) is 16.9 Å². The maximum atomic E-state index is 12.7. The molecule has 0 aliphatic carbocycles. The predicted octanol–water partition coefficient (Wildman–Crippen LogP) is 3.64. The summed E-state index contributed by atoms with van der Waals surface area (Å²) in [5.74, 6) is -0.824. The second-order valence-electron chi connectivity index (χ2n) is 5.24. The molecule has 1 N–H and O–H groups in total. The van der Waals surface area contributed by atoms with Gasteiger partial charge in [-0.1, -0.05) is 6.07 Å². The Morgan fingerprint density at radius 2 is 2.12 bits per heavy atom. The van der Waals surface area contributed by atoms with Crippen molar-refractivity contribution in [3.63, 3.8) is 0 Å². The van der Waals surface area contributed by atoms with Gasteiger partial charge in [0.2, 0.25) is 0 Å². The minimum absolute atomic E-state index is 0.0452. The lowest BCUT2D eigenvalue weighted by Gasteiger charge is -2.14. The summed E-state index contributed by atoms with van der Waals surface area (Å²) in [6.07, 6.45) is 3.60. The molecule has 3 rings (SSSR count). The van der Waals surface area contributed by atoms with Gasteiger partial charge in [-0.3, -0.25) is 4.79 Å². The van der Waals surface area contributed by atoms with Gasteiger partial charge >= 0.3 is 6.61 Å². The summed E-state index contributed by atoms with van der Waals surface area (Å²) in [6, 6.07) is 8.03. The molecule has 1 amide bonds. The maximum absolute atomic E-state index is 12.7. The topological polar surface area (TPSA) is 64.9 Å². The molecule has 0 saturated carbocycles. The van der Waals surface area contributed by atoms with Gasteiger partial charge in [-0.2, -0.15) is 8.78 Å². The first kappa shape index (κ1) is 18.1. The van der Waals surface area contributed by atoms with E-state index in [0.717, 1.165) is 10.1 Å². The van der Waals surface area contributed by atoms with Crippen LogP contribution in [0.15, 0.2) is 47.2 Å². The number of imidazole rings is 1. The highest BCUT2D eigenvalue weighted by Crippen LogP contribution is 2.32. The monoisotopic (exact) mass is 425 g/mol. The molecule has 0 saturated heterocycles. The number of methoxy groups -OCH3 is 1. The highest BCUT2D eigenvalue weighted by Gasteiger charge is 2.20. The minimum Gasteiger partial charge on any atom is -0.493 e. The maximum Gasteiger partial charge on any atom is 0.387 e. The Morgan fingerprint density at radius 1 is 1.31 bits per heavy atom. The number of fused-ring (bicyclic) bond motifs is 1. The van der Waals surface area contributed by atoms with E-state index in [9.17, 15) is 13.6 Å². The number of nitrogens with zero attached hydrogens (tertiary/aromatic N) is 2. The number of ether oxygens (including phenoxy) is 2. The number of benzene rings is 1. The molecular formula is C17H14BrF2N3O3. The molecule has 0 bridgehead atoms. The number of hydrogen-bond donors (Lipinski definition) is 1. The van der Waals surface area contributed by atoms with E-state index in [1.54, 1.807) is 6.20 Å². The molecule has 0 spiro atoms. The van der Waals surface area contributed by atoms with Crippen LogP contribution in [0.25, 0.3) is 5.65 Å². The molecule has 26 heavy (non-hydrogen) atoms. The van der Waals surface area contributed by atoms with Crippen molar-refractivity contribution in [3.05, 3.63) is 58.5 Å². The fraction of sp³-hybridized carbons (Fsp3) is 0.176. The zero-order chi connectivity index (χ0) is 18.7. The molecular weight excluding hydrogens is 412 g/mol. The molecule has 0 aliphatic rings. The van der Waals surface area contributed by atoms with Crippen molar-refractivity contribution < 1.29 is 23.0 Å². The average Bonchev–Trinajstić information content (AvgIpc) is 3.01. The number of pyridine rings is 1. The van der Waals surface area contributed by atoms with Crippen LogP contribution in [-0.2, 0) is 6.54 Å². The minimum atomic E-state index is -3.07. The van der Waals surface area contributed by atoms with E-state index in [2.05, 4.69) is 31.0 Å². The summed E-state index contributed by atoms with van der Waals surface area (Å²) in [6.45, 7) is -2.95. The van der Waals surface area contributed by atoms with E-state index in [-0.39, 0.29) is 23.6 Å². The van der Waals surface area contributed by atoms with Crippen LogP contribution in [0.2, 0.25) is 0 Å². The number of alkyl halides is 2. The summed E-state index contributed by atoms with van der Waals surface area (Å²) in [5, 5.41) is 2.65. The first-order valence-corrected chi connectivity index (χ1v) is 8.30. The first-order valence-electron chi connectivity index (χ1n) is 7.51. The average molecular weight is 426 g/mol. The van der Waals surface area contributed by atoms with Gasteiger partial charge in [0.1, 0.15) is 5.65 Å². The van der Waals surface area contributed by atoms with Gasteiger partial charge < -0.3 is 19.2 Å². The third-order valence-corrected chi connectivity index (χ3v) is 4.01. The molecule has 0 unspecified atom stereocenters. The lowest BCUT2D eigenvalue weighted by molar-refractivity contribution is -0.0515. The third-order valence-electron chi connectivity index (χ3n) is 3.55. The summed E-state index contributed by atoms with van der Waals surface area (Å²) >= 11 is 3.37.